The molecule has 1 amide bonds. The van der Waals surface area contributed by atoms with Crippen LogP contribution in [0.3, 0.4) is 0 Å². The van der Waals surface area contributed by atoms with Crippen molar-refractivity contribution in [3.8, 4) is 0 Å². The number of nitrogens with two attached hydrogens (primary N) is 1. The van der Waals surface area contributed by atoms with Crippen LogP contribution in [0, 0.1) is 17.8 Å². The Kier molecular flexibility index (Phi) is 3.21. The molecule has 0 aromatic heterocycles. The first-order chi connectivity index (χ1) is 9.13. The Hall–Kier alpha value is -1.51. The van der Waals surface area contributed by atoms with Gasteiger partial charge >= 0.3 is 0 Å². The van der Waals surface area contributed by atoms with Crippen molar-refractivity contribution < 1.29 is 4.79 Å². The van der Waals surface area contributed by atoms with Gasteiger partial charge in [-0.05, 0) is 55.7 Å². The quantitative estimate of drug-likeness (QED) is 0.819. The highest BCUT2D eigenvalue weighted by Crippen LogP contribution is 2.48. The molecular weight excluding hydrogens is 236 g/mol. The van der Waals surface area contributed by atoms with E-state index in [1.54, 1.807) is 0 Å². The molecule has 2 aliphatic carbocycles. The summed E-state index contributed by atoms with van der Waals surface area (Å²) in [6, 6.07) is 7.81. The topological polar surface area (TPSA) is 55.1 Å². The maximum absolute atomic E-state index is 12.4. The molecule has 0 saturated heterocycles. The smallest absolute Gasteiger partial charge is 0.223 e. The van der Waals surface area contributed by atoms with Crippen LogP contribution in [-0.2, 0) is 4.79 Å². The summed E-state index contributed by atoms with van der Waals surface area (Å²) in [5.74, 6) is 1.96. The van der Waals surface area contributed by atoms with E-state index in [0.717, 1.165) is 23.6 Å². The van der Waals surface area contributed by atoms with Gasteiger partial charge in [-0.1, -0.05) is 18.6 Å². The van der Waals surface area contributed by atoms with E-state index in [9.17, 15) is 4.79 Å². The van der Waals surface area contributed by atoms with Gasteiger partial charge in [0.15, 0.2) is 0 Å². The lowest BCUT2D eigenvalue weighted by atomic mass is 9.88. The molecule has 102 valence electrons. The van der Waals surface area contributed by atoms with Crippen molar-refractivity contribution in [2.24, 2.45) is 17.8 Å². The zero-order valence-electron chi connectivity index (χ0n) is 11.4. The summed E-state index contributed by atoms with van der Waals surface area (Å²) < 4.78 is 0. The van der Waals surface area contributed by atoms with Crippen LogP contribution < -0.4 is 11.1 Å². The molecule has 0 radical (unpaired) electrons. The number of nitrogens with one attached hydrogen (secondary N) is 1. The Bertz CT molecular complexity index is 468. The van der Waals surface area contributed by atoms with E-state index in [0.29, 0.717) is 5.92 Å². The summed E-state index contributed by atoms with van der Waals surface area (Å²) in [6.45, 7) is 2.04. The Labute approximate surface area is 114 Å². The van der Waals surface area contributed by atoms with E-state index in [1.807, 2.05) is 31.2 Å². The van der Waals surface area contributed by atoms with Crippen molar-refractivity contribution in [2.75, 3.05) is 5.73 Å². The summed E-state index contributed by atoms with van der Waals surface area (Å²) in [4.78, 5) is 12.4. The van der Waals surface area contributed by atoms with Gasteiger partial charge in [0.25, 0.3) is 0 Å². The lowest BCUT2D eigenvalue weighted by Gasteiger charge is -2.23. The van der Waals surface area contributed by atoms with Crippen molar-refractivity contribution in [1.82, 2.24) is 5.32 Å². The molecule has 1 aromatic rings. The van der Waals surface area contributed by atoms with Gasteiger partial charge in [-0.3, -0.25) is 4.79 Å². The minimum absolute atomic E-state index is 0.0622. The number of hydrogen-bond acceptors (Lipinski definition) is 2. The highest BCUT2D eigenvalue weighted by atomic mass is 16.2. The molecule has 2 saturated carbocycles. The molecule has 3 nitrogen and oxygen atoms in total. The van der Waals surface area contributed by atoms with Gasteiger partial charge in [-0.25, -0.2) is 0 Å². The molecule has 0 aliphatic heterocycles. The summed E-state index contributed by atoms with van der Waals surface area (Å²) in [7, 11) is 0. The molecule has 3 N–H and O–H groups in total. The molecule has 3 rings (SSSR count). The van der Waals surface area contributed by atoms with Crippen molar-refractivity contribution in [2.45, 2.75) is 38.6 Å². The minimum Gasteiger partial charge on any atom is -0.399 e. The molecule has 19 heavy (non-hydrogen) atoms. The fraction of sp³-hybridized carbons (Fsp3) is 0.562. The largest absolute Gasteiger partial charge is 0.399 e. The third-order valence-corrected chi connectivity index (χ3v) is 4.87. The van der Waals surface area contributed by atoms with E-state index < -0.39 is 0 Å². The van der Waals surface area contributed by atoms with Crippen molar-refractivity contribution in [3.63, 3.8) is 0 Å². The minimum atomic E-state index is 0.0622. The average Bonchev–Trinajstić information content (AvgIpc) is 3.01. The van der Waals surface area contributed by atoms with Gasteiger partial charge < -0.3 is 11.1 Å². The first-order valence-corrected chi connectivity index (χ1v) is 7.29. The van der Waals surface area contributed by atoms with Crippen LogP contribution in [0.5, 0.6) is 0 Å². The monoisotopic (exact) mass is 258 g/mol. The number of fused-ring (bicyclic) bond motifs is 2. The number of rotatable bonds is 3. The molecule has 4 atom stereocenters. The van der Waals surface area contributed by atoms with Gasteiger partial charge in [-0.15, -0.1) is 0 Å². The summed E-state index contributed by atoms with van der Waals surface area (Å²) >= 11 is 0. The number of nitrogen functional groups attached to an aromatic ring is 1. The van der Waals surface area contributed by atoms with Crippen LogP contribution in [0.1, 0.15) is 44.2 Å². The number of carbonyl (C=O) groups is 1. The molecule has 2 bridgehead atoms. The van der Waals surface area contributed by atoms with E-state index in [1.165, 1.54) is 19.3 Å². The Morgan fingerprint density at radius 2 is 2.00 bits per heavy atom. The Morgan fingerprint density at radius 1 is 1.26 bits per heavy atom. The number of hydrogen-bond donors (Lipinski definition) is 2. The molecular formula is C16H22N2O. The molecule has 3 heteroatoms. The molecule has 2 fully saturated rings. The number of carbonyl (C=O) groups excluding carboxylic acids is 1. The first-order valence-electron chi connectivity index (χ1n) is 7.29. The van der Waals surface area contributed by atoms with Crippen LogP contribution in [0.15, 0.2) is 24.3 Å². The van der Waals surface area contributed by atoms with E-state index in [2.05, 4.69) is 5.32 Å². The van der Waals surface area contributed by atoms with E-state index >= 15 is 0 Å². The van der Waals surface area contributed by atoms with Crippen LogP contribution in [0.4, 0.5) is 5.69 Å². The second kappa shape index (κ2) is 4.87. The number of amides is 1. The van der Waals surface area contributed by atoms with Gasteiger partial charge in [-0.2, -0.15) is 0 Å². The third-order valence-electron chi connectivity index (χ3n) is 4.87. The predicted octanol–water partition coefficient (Wildman–Crippen LogP) is 2.88. The fourth-order valence-electron chi connectivity index (χ4n) is 3.75. The van der Waals surface area contributed by atoms with E-state index in [-0.39, 0.29) is 17.9 Å². The average molecular weight is 258 g/mol. The Morgan fingerprint density at radius 3 is 2.58 bits per heavy atom. The normalized spacial score (nSPS) is 30.3. The molecule has 0 spiro atoms. The van der Waals surface area contributed by atoms with Crippen molar-refractivity contribution in [1.29, 1.82) is 0 Å². The number of anilines is 1. The van der Waals surface area contributed by atoms with Crippen LogP contribution in [0.25, 0.3) is 0 Å². The molecule has 4 unspecified atom stereocenters. The third kappa shape index (κ3) is 2.46. The van der Waals surface area contributed by atoms with Crippen LogP contribution in [0.2, 0.25) is 0 Å². The summed E-state index contributed by atoms with van der Waals surface area (Å²) in [6.07, 6.45) is 4.96. The number of benzene rings is 1. The molecule has 2 aliphatic rings. The van der Waals surface area contributed by atoms with Gasteiger partial charge in [0.2, 0.25) is 5.91 Å². The summed E-state index contributed by atoms with van der Waals surface area (Å²) in [5.41, 5.74) is 7.56. The fourth-order valence-corrected chi connectivity index (χ4v) is 3.75. The Balaban J connectivity index is 1.61. The maximum atomic E-state index is 12.4. The lowest BCUT2D eigenvalue weighted by molar-refractivity contribution is -0.127. The highest BCUT2D eigenvalue weighted by Gasteiger charge is 2.43. The standard InChI is InChI=1S/C16H22N2O/c1-10(12-4-6-14(17)7-5-12)18-16(19)15-9-11-2-3-13(15)8-11/h4-7,10-11,13,15H,2-3,8-9,17H2,1H3,(H,18,19). The molecule has 0 heterocycles. The zero-order valence-corrected chi connectivity index (χ0v) is 11.4. The predicted molar refractivity (Wildman–Crippen MR) is 76.4 cm³/mol. The van der Waals surface area contributed by atoms with Crippen molar-refractivity contribution >= 4 is 11.6 Å². The van der Waals surface area contributed by atoms with Crippen LogP contribution >= 0.6 is 0 Å². The second-order valence-corrected chi connectivity index (χ2v) is 6.18. The van der Waals surface area contributed by atoms with Gasteiger partial charge in [0.1, 0.15) is 0 Å². The highest BCUT2D eigenvalue weighted by molar-refractivity contribution is 5.80. The first kappa shape index (κ1) is 12.5. The SMILES string of the molecule is CC(NC(=O)C1CC2CCC1C2)c1ccc(N)cc1. The maximum Gasteiger partial charge on any atom is 0.223 e. The van der Waals surface area contributed by atoms with Crippen LogP contribution in [-0.4, -0.2) is 5.91 Å². The molecule has 1 aromatic carbocycles. The van der Waals surface area contributed by atoms with Crippen molar-refractivity contribution in [3.05, 3.63) is 29.8 Å². The van der Waals surface area contributed by atoms with Gasteiger partial charge in [0.05, 0.1) is 6.04 Å². The zero-order chi connectivity index (χ0) is 13.4. The van der Waals surface area contributed by atoms with Gasteiger partial charge in [0, 0.05) is 11.6 Å². The second-order valence-electron chi connectivity index (χ2n) is 6.18. The van der Waals surface area contributed by atoms with E-state index in [4.69, 9.17) is 5.73 Å². The lowest BCUT2D eigenvalue weighted by Crippen LogP contribution is -2.35. The summed E-state index contributed by atoms with van der Waals surface area (Å²) in [5, 5.41) is 3.16.